The first-order valence-electron chi connectivity index (χ1n) is 6.37. The number of carbonyl (C=O) groups excluding carboxylic acids is 1. The number of aromatic amines is 2. The fraction of sp³-hybridized carbons (Fsp3) is 0.364. The minimum atomic E-state index is -1.20. The molecular formula is C11H11N5O5S2. The first-order valence-corrected chi connectivity index (χ1v) is 8.41. The Hall–Kier alpha value is -2.05. The van der Waals surface area contributed by atoms with Crippen LogP contribution in [0.4, 0.5) is 0 Å². The molecule has 1 amide bonds. The molecule has 3 rings (SSSR count). The Labute approximate surface area is 136 Å². The van der Waals surface area contributed by atoms with Gasteiger partial charge in [-0.05, 0) is 5.57 Å². The second-order valence-corrected chi connectivity index (χ2v) is 6.86. The summed E-state index contributed by atoms with van der Waals surface area (Å²) in [5.41, 5.74) is 4.42. The fourth-order valence-corrected chi connectivity index (χ4v) is 4.50. The number of nitrogens with two attached hydrogens (primary N) is 1. The highest BCUT2D eigenvalue weighted by Gasteiger charge is 2.51. The molecule has 2 atom stereocenters. The first kappa shape index (κ1) is 15.8. The molecule has 0 saturated carbocycles. The van der Waals surface area contributed by atoms with Gasteiger partial charge in [0, 0.05) is 11.5 Å². The molecule has 1 saturated heterocycles. The Morgan fingerprint density at radius 1 is 1.43 bits per heavy atom. The van der Waals surface area contributed by atoms with Gasteiger partial charge in [-0.2, -0.15) is 0 Å². The van der Waals surface area contributed by atoms with Crippen molar-refractivity contribution in [3.05, 3.63) is 32.0 Å². The Morgan fingerprint density at radius 3 is 2.83 bits per heavy atom. The van der Waals surface area contributed by atoms with Crippen molar-refractivity contribution in [3.8, 4) is 0 Å². The van der Waals surface area contributed by atoms with Gasteiger partial charge < -0.3 is 10.8 Å². The number of fused-ring (bicyclic) bond motifs is 1. The summed E-state index contributed by atoms with van der Waals surface area (Å²) < 4.78 is 0. The van der Waals surface area contributed by atoms with Crippen LogP contribution in [-0.2, 0) is 9.59 Å². The van der Waals surface area contributed by atoms with Crippen LogP contribution in [0.25, 0.3) is 0 Å². The number of H-pyrrole nitrogens is 2. The molecule has 122 valence electrons. The fourth-order valence-electron chi connectivity index (χ4n) is 2.25. The number of hydrogen-bond acceptors (Lipinski definition) is 8. The van der Waals surface area contributed by atoms with E-state index in [0.29, 0.717) is 11.3 Å². The van der Waals surface area contributed by atoms with Crippen LogP contribution in [0.2, 0.25) is 0 Å². The van der Waals surface area contributed by atoms with Gasteiger partial charge in [-0.3, -0.25) is 24.3 Å². The molecule has 2 aliphatic rings. The molecular weight excluding hydrogens is 346 g/mol. The van der Waals surface area contributed by atoms with Crippen molar-refractivity contribution in [2.45, 2.75) is 16.6 Å². The smallest absolute Gasteiger partial charge is 0.352 e. The summed E-state index contributed by atoms with van der Waals surface area (Å²) in [4.78, 5) is 48.9. The molecule has 0 radical (unpaired) electrons. The van der Waals surface area contributed by atoms with Crippen molar-refractivity contribution in [3.63, 3.8) is 0 Å². The number of carboxylic acid groups (broad SMARTS) is 1. The van der Waals surface area contributed by atoms with Crippen LogP contribution in [-0.4, -0.2) is 60.0 Å². The zero-order valence-corrected chi connectivity index (χ0v) is 13.1. The molecule has 10 nitrogen and oxygen atoms in total. The van der Waals surface area contributed by atoms with Gasteiger partial charge in [0.2, 0.25) is 5.91 Å². The van der Waals surface area contributed by atoms with E-state index in [-0.39, 0.29) is 22.0 Å². The number of nitrogens with zero attached hydrogens (tertiary/aromatic N) is 2. The highest BCUT2D eigenvalue weighted by Crippen LogP contribution is 2.40. The number of carbonyl (C=O) groups is 2. The predicted molar refractivity (Wildman–Crippen MR) is 81.9 cm³/mol. The van der Waals surface area contributed by atoms with Crippen LogP contribution in [0.5, 0.6) is 0 Å². The van der Waals surface area contributed by atoms with Gasteiger partial charge in [0.25, 0.3) is 0 Å². The monoisotopic (exact) mass is 357 g/mol. The molecule has 1 fully saturated rings. The highest BCUT2D eigenvalue weighted by molar-refractivity contribution is 8.01. The first-order chi connectivity index (χ1) is 10.9. The molecule has 12 heteroatoms. The summed E-state index contributed by atoms with van der Waals surface area (Å²) in [6, 6.07) is -0.680. The van der Waals surface area contributed by atoms with E-state index < -0.39 is 29.0 Å². The van der Waals surface area contributed by atoms with Gasteiger partial charge in [0.1, 0.15) is 17.1 Å². The molecule has 0 spiro atoms. The normalized spacial score (nSPS) is 23.5. The summed E-state index contributed by atoms with van der Waals surface area (Å²) >= 11 is 2.45. The van der Waals surface area contributed by atoms with Crippen molar-refractivity contribution < 1.29 is 14.7 Å². The number of nitrogens with one attached hydrogen (secondary N) is 2. The average Bonchev–Trinajstić information content (AvgIpc) is 2.54. The SMILES string of the molecule is NC1C(=O)N2C(C(=O)O)=C(CSc3n[nH]c(=O)c(=O)[nH]3)CS[C@H]12. The lowest BCUT2D eigenvalue weighted by Crippen LogP contribution is -2.68. The molecule has 0 aliphatic carbocycles. The third-order valence-corrected chi connectivity index (χ3v) is 5.68. The maximum absolute atomic E-state index is 11.8. The number of aromatic nitrogens is 3. The largest absolute Gasteiger partial charge is 0.477 e. The number of carboxylic acids is 1. The van der Waals surface area contributed by atoms with E-state index in [1.54, 1.807) is 0 Å². The van der Waals surface area contributed by atoms with Crippen molar-refractivity contribution in [1.29, 1.82) is 0 Å². The van der Waals surface area contributed by atoms with Crippen molar-refractivity contribution in [2.75, 3.05) is 11.5 Å². The summed E-state index contributed by atoms with van der Waals surface area (Å²) in [5.74, 6) is -1.01. The summed E-state index contributed by atoms with van der Waals surface area (Å²) in [6.07, 6.45) is 0. The lowest BCUT2D eigenvalue weighted by Gasteiger charge is -2.48. The van der Waals surface area contributed by atoms with Gasteiger partial charge in [0.15, 0.2) is 5.16 Å². The second kappa shape index (κ2) is 5.86. The topological polar surface area (TPSA) is 162 Å². The Morgan fingerprint density at radius 2 is 2.17 bits per heavy atom. The quantitative estimate of drug-likeness (QED) is 0.275. The van der Waals surface area contributed by atoms with Gasteiger partial charge >= 0.3 is 17.1 Å². The molecule has 0 bridgehead atoms. The van der Waals surface area contributed by atoms with Crippen LogP contribution in [0.3, 0.4) is 0 Å². The maximum atomic E-state index is 11.8. The van der Waals surface area contributed by atoms with Crippen LogP contribution in [0, 0.1) is 0 Å². The number of rotatable bonds is 4. The Balaban J connectivity index is 1.83. The Kier molecular flexibility index (Phi) is 4.04. The second-order valence-electron chi connectivity index (χ2n) is 4.79. The third-order valence-electron chi connectivity index (χ3n) is 3.36. The van der Waals surface area contributed by atoms with E-state index in [0.717, 1.165) is 11.8 Å². The number of hydrogen-bond donors (Lipinski definition) is 4. The molecule has 5 N–H and O–H groups in total. The lowest BCUT2D eigenvalue weighted by atomic mass is 10.0. The van der Waals surface area contributed by atoms with Crippen LogP contribution < -0.4 is 16.9 Å². The maximum Gasteiger partial charge on any atom is 0.352 e. The summed E-state index contributed by atoms with van der Waals surface area (Å²) in [5, 5.41) is 14.9. The van der Waals surface area contributed by atoms with Crippen LogP contribution in [0.1, 0.15) is 0 Å². The molecule has 0 aromatic carbocycles. The van der Waals surface area contributed by atoms with Crippen molar-refractivity contribution in [1.82, 2.24) is 20.1 Å². The van der Waals surface area contributed by atoms with E-state index in [9.17, 15) is 24.3 Å². The molecule has 23 heavy (non-hydrogen) atoms. The summed E-state index contributed by atoms with van der Waals surface area (Å²) in [6.45, 7) is 0. The standard InChI is InChI=1S/C11H11N5O5S2/c12-4-8(19)16-5(10(20)21)3(1-22-9(4)16)2-23-11-13-6(17)7(18)14-15-11/h4,9H,1-2,12H2,(H,14,18)(H,20,21)(H,13,15,17)/t4?,9-/m1/s1. The number of thioether (sulfide) groups is 2. The summed E-state index contributed by atoms with van der Waals surface area (Å²) in [7, 11) is 0. The van der Waals surface area contributed by atoms with Gasteiger partial charge in [-0.25, -0.2) is 9.89 Å². The minimum Gasteiger partial charge on any atom is -0.477 e. The van der Waals surface area contributed by atoms with E-state index in [1.165, 1.54) is 16.7 Å². The average molecular weight is 357 g/mol. The van der Waals surface area contributed by atoms with Gasteiger partial charge in [0.05, 0.1) is 0 Å². The van der Waals surface area contributed by atoms with Crippen LogP contribution in [0.15, 0.2) is 26.0 Å². The van der Waals surface area contributed by atoms with E-state index in [4.69, 9.17) is 5.73 Å². The zero-order valence-electron chi connectivity index (χ0n) is 11.4. The van der Waals surface area contributed by atoms with E-state index >= 15 is 0 Å². The van der Waals surface area contributed by atoms with E-state index in [2.05, 4.69) is 10.1 Å². The number of β-lactam (4-membered cyclic amide) rings is 1. The molecule has 2 aliphatic heterocycles. The molecule has 3 heterocycles. The minimum absolute atomic E-state index is 0.0697. The molecule has 1 unspecified atom stereocenters. The van der Waals surface area contributed by atoms with Crippen molar-refractivity contribution >= 4 is 35.4 Å². The Bertz CT molecular complexity index is 831. The van der Waals surface area contributed by atoms with Crippen LogP contribution >= 0.6 is 23.5 Å². The van der Waals surface area contributed by atoms with Crippen molar-refractivity contribution in [2.24, 2.45) is 5.73 Å². The number of aliphatic carboxylic acids is 1. The zero-order chi connectivity index (χ0) is 16.7. The predicted octanol–water partition coefficient (Wildman–Crippen LogP) is -1.87. The third kappa shape index (κ3) is 2.68. The lowest BCUT2D eigenvalue weighted by molar-refractivity contribution is -0.147. The highest BCUT2D eigenvalue weighted by atomic mass is 32.2. The van der Waals surface area contributed by atoms with Gasteiger partial charge in [-0.15, -0.1) is 16.9 Å². The van der Waals surface area contributed by atoms with E-state index in [1.807, 2.05) is 5.10 Å². The number of amides is 1. The molecule has 1 aromatic rings. The van der Waals surface area contributed by atoms with Gasteiger partial charge in [-0.1, -0.05) is 11.8 Å². The molecule has 1 aromatic heterocycles.